The van der Waals surface area contributed by atoms with Crippen molar-refractivity contribution in [2.75, 3.05) is 38.5 Å². The summed E-state index contributed by atoms with van der Waals surface area (Å²) in [4.78, 5) is 16.6. The summed E-state index contributed by atoms with van der Waals surface area (Å²) in [5.74, 6) is 0.124. The molecule has 1 heterocycles. The summed E-state index contributed by atoms with van der Waals surface area (Å²) < 4.78 is 0. The fourth-order valence-electron chi connectivity index (χ4n) is 2.58. The highest BCUT2D eigenvalue weighted by atomic mass is 16.2. The molecule has 0 aromatic heterocycles. The van der Waals surface area contributed by atoms with Crippen LogP contribution in [0.4, 0.5) is 11.4 Å². The van der Waals surface area contributed by atoms with Gasteiger partial charge in [-0.2, -0.15) is 0 Å². The molecule has 1 amide bonds. The molecule has 22 heavy (non-hydrogen) atoms. The fraction of sp³-hybridized carbons (Fsp3) is 0.278. The molecule has 0 aliphatic carbocycles. The summed E-state index contributed by atoms with van der Waals surface area (Å²) in [6.45, 7) is 3.50. The third-order valence-corrected chi connectivity index (χ3v) is 3.98. The predicted octanol–water partition coefficient (Wildman–Crippen LogP) is 2.82. The number of hydrogen-bond acceptors (Lipinski definition) is 3. The summed E-state index contributed by atoms with van der Waals surface area (Å²) in [6, 6.07) is 17.7. The smallest absolute Gasteiger partial charge is 0.253 e. The van der Waals surface area contributed by atoms with E-state index in [-0.39, 0.29) is 5.91 Å². The highest BCUT2D eigenvalue weighted by molar-refractivity contribution is 5.94. The van der Waals surface area contributed by atoms with Crippen molar-refractivity contribution in [2.24, 2.45) is 0 Å². The quantitative estimate of drug-likeness (QED) is 0.946. The normalized spacial score (nSPS) is 15.6. The van der Waals surface area contributed by atoms with Gasteiger partial charge in [0, 0.05) is 43.1 Å². The van der Waals surface area contributed by atoms with Gasteiger partial charge in [-0.15, -0.1) is 0 Å². The van der Waals surface area contributed by atoms with E-state index in [1.807, 2.05) is 59.5 Å². The van der Waals surface area contributed by atoms with Crippen LogP contribution in [0, 0.1) is 0 Å². The van der Waals surface area contributed by atoms with E-state index in [9.17, 15) is 4.79 Å². The minimum Gasteiger partial charge on any atom is -0.356 e. The van der Waals surface area contributed by atoms with Crippen LogP contribution < -0.4 is 5.32 Å². The molecule has 1 aliphatic rings. The zero-order valence-corrected chi connectivity index (χ0v) is 12.8. The molecule has 0 spiro atoms. The fourth-order valence-corrected chi connectivity index (χ4v) is 2.58. The van der Waals surface area contributed by atoms with E-state index < -0.39 is 0 Å². The van der Waals surface area contributed by atoms with Crippen molar-refractivity contribution < 1.29 is 4.79 Å². The van der Waals surface area contributed by atoms with Crippen LogP contribution in [0.15, 0.2) is 54.6 Å². The van der Waals surface area contributed by atoms with Crippen LogP contribution in [0.3, 0.4) is 0 Å². The summed E-state index contributed by atoms with van der Waals surface area (Å²) >= 11 is 0. The van der Waals surface area contributed by atoms with E-state index in [0.29, 0.717) is 0 Å². The first kappa shape index (κ1) is 14.6. The maximum Gasteiger partial charge on any atom is 0.253 e. The minimum atomic E-state index is 0.124. The molecule has 0 unspecified atom stereocenters. The molecule has 4 nitrogen and oxygen atoms in total. The highest BCUT2D eigenvalue weighted by Crippen LogP contribution is 2.17. The van der Waals surface area contributed by atoms with Gasteiger partial charge >= 0.3 is 0 Å². The number of hydrogen-bond donors (Lipinski definition) is 1. The van der Waals surface area contributed by atoms with Crippen molar-refractivity contribution in [1.82, 2.24) is 9.80 Å². The van der Waals surface area contributed by atoms with Gasteiger partial charge in [0.05, 0.1) is 0 Å². The summed E-state index contributed by atoms with van der Waals surface area (Å²) in [6.07, 6.45) is 0. The van der Waals surface area contributed by atoms with E-state index in [2.05, 4.69) is 17.3 Å². The zero-order chi connectivity index (χ0) is 15.4. The Balaban J connectivity index is 1.65. The molecule has 0 atom stereocenters. The van der Waals surface area contributed by atoms with Gasteiger partial charge < -0.3 is 15.1 Å². The van der Waals surface area contributed by atoms with Crippen LogP contribution in [0.5, 0.6) is 0 Å². The average Bonchev–Trinajstić information content (AvgIpc) is 2.57. The Morgan fingerprint density at radius 1 is 0.864 bits per heavy atom. The van der Waals surface area contributed by atoms with Crippen LogP contribution in [0.1, 0.15) is 10.4 Å². The molecule has 0 radical (unpaired) electrons. The van der Waals surface area contributed by atoms with Gasteiger partial charge in [-0.05, 0) is 43.4 Å². The first-order chi connectivity index (χ1) is 10.7. The van der Waals surface area contributed by atoms with Crippen LogP contribution in [-0.4, -0.2) is 48.9 Å². The second kappa shape index (κ2) is 6.62. The summed E-state index contributed by atoms with van der Waals surface area (Å²) in [7, 11) is 2.09. The Morgan fingerprint density at radius 2 is 1.45 bits per heavy atom. The topological polar surface area (TPSA) is 35.6 Å². The Labute approximate surface area is 131 Å². The van der Waals surface area contributed by atoms with Crippen molar-refractivity contribution in [2.45, 2.75) is 0 Å². The molecule has 1 N–H and O–H groups in total. The number of benzene rings is 2. The largest absolute Gasteiger partial charge is 0.356 e. The monoisotopic (exact) mass is 295 g/mol. The second-order valence-electron chi connectivity index (χ2n) is 5.66. The van der Waals surface area contributed by atoms with Crippen LogP contribution >= 0.6 is 0 Å². The number of para-hydroxylation sites is 1. The molecule has 3 rings (SSSR count). The Hall–Kier alpha value is -2.33. The van der Waals surface area contributed by atoms with Gasteiger partial charge in [-0.3, -0.25) is 4.79 Å². The number of piperazine rings is 1. The lowest BCUT2D eigenvalue weighted by atomic mass is 10.1. The van der Waals surface area contributed by atoms with Gasteiger partial charge in [-0.25, -0.2) is 0 Å². The standard InChI is InChI=1S/C18H21N3O/c1-20-11-13-21(14-12-20)18(22)15-7-9-17(10-8-15)19-16-5-3-2-4-6-16/h2-10,19H,11-14H2,1H3. The number of nitrogens with one attached hydrogen (secondary N) is 1. The number of likely N-dealkylation sites (N-methyl/N-ethyl adjacent to an activating group) is 1. The number of carbonyl (C=O) groups is 1. The summed E-state index contributed by atoms with van der Waals surface area (Å²) in [5, 5.41) is 3.32. The Morgan fingerprint density at radius 3 is 2.09 bits per heavy atom. The minimum absolute atomic E-state index is 0.124. The first-order valence-electron chi connectivity index (χ1n) is 7.62. The molecule has 1 saturated heterocycles. The lowest BCUT2D eigenvalue weighted by Gasteiger charge is -2.32. The molecule has 1 fully saturated rings. The number of rotatable bonds is 3. The number of anilines is 2. The van der Waals surface area contributed by atoms with E-state index in [0.717, 1.165) is 43.1 Å². The lowest BCUT2D eigenvalue weighted by molar-refractivity contribution is 0.0664. The molecule has 2 aromatic rings. The third-order valence-electron chi connectivity index (χ3n) is 3.98. The van der Waals surface area contributed by atoms with Gasteiger partial charge in [0.15, 0.2) is 0 Å². The van der Waals surface area contributed by atoms with Crippen LogP contribution in [-0.2, 0) is 0 Å². The number of nitrogens with zero attached hydrogens (tertiary/aromatic N) is 2. The molecular formula is C18H21N3O. The van der Waals surface area contributed by atoms with Crippen molar-refractivity contribution in [3.05, 3.63) is 60.2 Å². The van der Waals surface area contributed by atoms with E-state index in [4.69, 9.17) is 0 Å². The average molecular weight is 295 g/mol. The first-order valence-corrected chi connectivity index (χ1v) is 7.62. The number of carbonyl (C=O) groups excluding carboxylic acids is 1. The molecule has 114 valence electrons. The SMILES string of the molecule is CN1CCN(C(=O)c2ccc(Nc3ccccc3)cc2)CC1. The maximum absolute atomic E-state index is 12.5. The maximum atomic E-state index is 12.5. The molecule has 4 heteroatoms. The second-order valence-corrected chi connectivity index (χ2v) is 5.66. The van der Waals surface area contributed by atoms with Gasteiger partial charge in [-0.1, -0.05) is 18.2 Å². The van der Waals surface area contributed by atoms with E-state index >= 15 is 0 Å². The van der Waals surface area contributed by atoms with Gasteiger partial charge in [0.25, 0.3) is 5.91 Å². The van der Waals surface area contributed by atoms with Gasteiger partial charge in [0.1, 0.15) is 0 Å². The Kier molecular flexibility index (Phi) is 4.39. The lowest BCUT2D eigenvalue weighted by Crippen LogP contribution is -2.47. The predicted molar refractivity (Wildman–Crippen MR) is 89.6 cm³/mol. The molecule has 0 saturated carbocycles. The molecular weight excluding hydrogens is 274 g/mol. The number of amides is 1. The third kappa shape index (κ3) is 3.46. The molecule has 0 bridgehead atoms. The summed E-state index contributed by atoms with van der Waals surface area (Å²) in [5.41, 5.74) is 2.78. The molecule has 2 aromatic carbocycles. The van der Waals surface area contributed by atoms with Crippen LogP contribution in [0.25, 0.3) is 0 Å². The van der Waals surface area contributed by atoms with E-state index in [1.54, 1.807) is 0 Å². The van der Waals surface area contributed by atoms with Crippen molar-refractivity contribution in [3.8, 4) is 0 Å². The van der Waals surface area contributed by atoms with Crippen molar-refractivity contribution >= 4 is 17.3 Å². The molecule has 1 aliphatic heterocycles. The highest BCUT2D eigenvalue weighted by Gasteiger charge is 2.20. The van der Waals surface area contributed by atoms with Gasteiger partial charge in [0.2, 0.25) is 0 Å². The van der Waals surface area contributed by atoms with E-state index in [1.165, 1.54) is 0 Å². The Bertz CT molecular complexity index is 617. The zero-order valence-electron chi connectivity index (χ0n) is 12.8. The van der Waals surface area contributed by atoms with Crippen molar-refractivity contribution in [3.63, 3.8) is 0 Å². The van der Waals surface area contributed by atoms with Crippen molar-refractivity contribution in [1.29, 1.82) is 0 Å². The van der Waals surface area contributed by atoms with Crippen LogP contribution in [0.2, 0.25) is 0 Å².